The van der Waals surface area contributed by atoms with Crippen molar-refractivity contribution in [3.63, 3.8) is 0 Å². The second-order valence-corrected chi connectivity index (χ2v) is 12.9. The molecule has 2 heterocycles. The lowest BCUT2D eigenvalue weighted by atomic mass is 9.98. The van der Waals surface area contributed by atoms with Gasteiger partial charge in [-0.05, 0) is 68.8 Å². The summed E-state index contributed by atoms with van der Waals surface area (Å²) in [5.74, 6) is 1.09. The highest BCUT2D eigenvalue weighted by atomic mass is 16.7. The first kappa shape index (κ1) is 35.5. The smallest absolute Gasteiger partial charge is 0.258 e. The van der Waals surface area contributed by atoms with Gasteiger partial charge in [0, 0.05) is 38.4 Å². The van der Waals surface area contributed by atoms with Gasteiger partial charge in [0.25, 0.3) is 5.91 Å². The molecule has 5 N–H and O–H groups in total. The summed E-state index contributed by atoms with van der Waals surface area (Å²) in [6.45, 7) is 5.46. The van der Waals surface area contributed by atoms with E-state index in [9.17, 15) is 19.5 Å². The van der Waals surface area contributed by atoms with Gasteiger partial charge >= 0.3 is 0 Å². The number of para-hydroxylation sites is 3. The summed E-state index contributed by atoms with van der Waals surface area (Å²) in [6, 6.07) is 17.8. The number of carbonyl (C=O) groups is 3. The number of ether oxygens (including phenoxy) is 3. The van der Waals surface area contributed by atoms with Crippen LogP contribution in [-0.4, -0.2) is 78.3 Å². The van der Waals surface area contributed by atoms with Crippen LogP contribution in [0.5, 0.6) is 17.2 Å². The fourth-order valence-corrected chi connectivity index (χ4v) is 6.07. The number of anilines is 3. The second-order valence-electron chi connectivity index (χ2n) is 12.9. The molecule has 0 bridgehead atoms. The molecule has 2 aliphatic rings. The molecule has 2 aliphatic heterocycles. The van der Waals surface area contributed by atoms with Crippen molar-refractivity contribution < 1.29 is 33.7 Å². The van der Waals surface area contributed by atoms with Crippen LogP contribution in [0.3, 0.4) is 0 Å². The van der Waals surface area contributed by atoms with Gasteiger partial charge in [0.05, 0.1) is 35.3 Å². The van der Waals surface area contributed by atoms with Gasteiger partial charge < -0.3 is 40.6 Å². The molecule has 262 valence electrons. The molecule has 3 aromatic carbocycles. The van der Waals surface area contributed by atoms with Crippen molar-refractivity contribution in [1.29, 1.82) is 0 Å². The molecule has 0 aliphatic carbocycles. The van der Waals surface area contributed by atoms with E-state index in [0.29, 0.717) is 73.7 Å². The number of carbonyl (C=O) groups excluding carboxylic acids is 3. The number of nitrogens with two attached hydrogens (primary N) is 1. The number of hydrogen-bond acceptors (Lipinski definition) is 9. The molecular weight excluding hydrogens is 626 g/mol. The van der Waals surface area contributed by atoms with E-state index >= 15 is 0 Å². The molecule has 5 rings (SSSR count). The van der Waals surface area contributed by atoms with Crippen molar-refractivity contribution in [3.8, 4) is 17.2 Å². The minimum Gasteiger partial charge on any atom is -0.486 e. The van der Waals surface area contributed by atoms with E-state index in [2.05, 4.69) is 15.5 Å². The van der Waals surface area contributed by atoms with E-state index in [0.717, 1.165) is 17.1 Å². The van der Waals surface area contributed by atoms with Crippen LogP contribution in [0, 0.1) is 5.92 Å². The maximum absolute atomic E-state index is 13.8. The summed E-state index contributed by atoms with van der Waals surface area (Å²) in [7, 11) is 2.01. The molecular formula is C37H47N5O7. The SMILES string of the molecule is C[C@@H]1CN([C@H](C)CO)C(=O)c2cccc(NC(=O)CCCCCC(=O)Nc3ccccc3N)c2O[C@@H]1CN(C)Cc1ccc2c(c1)OCO2. The molecule has 49 heavy (non-hydrogen) atoms. The van der Waals surface area contributed by atoms with Crippen molar-refractivity contribution in [2.24, 2.45) is 5.92 Å². The normalized spacial score (nSPS) is 17.5. The molecule has 0 saturated heterocycles. The van der Waals surface area contributed by atoms with Crippen molar-refractivity contribution in [2.75, 3.05) is 49.9 Å². The first-order chi connectivity index (χ1) is 23.6. The van der Waals surface area contributed by atoms with E-state index in [1.54, 1.807) is 35.2 Å². The summed E-state index contributed by atoms with van der Waals surface area (Å²) in [5, 5.41) is 15.8. The average molecular weight is 674 g/mol. The second kappa shape index (κ2) is 16.5. The highest BCUT2D eigenvalue weighted by Gasteiger charge is 2.34. The lowest BCUT2D eigenvalue weighted by Gasteiger charge is -2.38. The van der Waals surface area contributed by atoms with Crippen LogP contribution in [-0.2, 0) is 16.1 Å². The summed E-state index contributed by atoms with van der Waals surface area (Å²) >= 11 is 0. The number of nitrogens with zero attached hydrogens (tertiary/aromatic N) is 2. The topological polar surface area (TPSA) is 156 Å². The van der Waals surface area contributed by atoms with Crippen LogP contribution in [0.15, 0.2) is 60.7 Å². The fraction of sp³-hybridized carbons (Fsp3) is 0.432. The van der Waals surface area contributed by atoms with E-state index in [4.69, 9.17) is 19.9 Å². The Hall–Kier alpha value is -4.81. The Balaban J connectivity index is 1.23. The highest BCUT2D eigenvalue weighted by molar-refractivity contribution is 6.01. The van der Waals surface area contributed by atoms with Crippen LogP contribution in [0.2, 0.25) is 0 Å². The Morgan fingerprint density at radius 3 is 2.41 bits per heavy atom. The highest BCUT2D eigenvalue weighted by Crippen LogP contribution is 2.36. The van der Waals surface area contributed by atoms with Crippen LogP contribution in [0.25, 0.3) is 0 Å². The van der Waals surface area contributed by atoms with Crippen LogP contribution < -0.4 is 30.6 Å². The molecule has 3 atom stereocenters. The zero-order valence-corrected chi connectivity index (χ0v) is 28.4. The van der Waals surface area contributed by atoms with Crippen LogP contribution in [0.1, 0.15) is 61.9 Å². The third-order valence-electron chi connectivity index (χ3n) is 8.89. The average Bonchev–Trinajstić information content (AvgIpc) is 3.55. The Labute approximate surface area is 287 Å². The Kier molecular flexibility index (Phi) is 12.0. The van der Waals surface area contributed by atoms with Crippen molar-refractivity contribution in [1.82, 2.24) is 9.80 Å². The minimum absolute atomic E-state index is 0.0930. The lowest BCUT2D eigenvalue weighted by molar-refractivity contribution is -0.116. The van der Waals surface area contributed by atoms with Crippen LogP contribution >= 0.6 is 0 Å². The number of nitrogens with one attached hydrogen (secondary N) is 2. The zero-order chi connectivity index (χ0) is 34.9. The fourth-order valence-electron chi connectivity index (χ4n) is 6.07. The molecule has 12 nitrogen and oxygen atoms in total. The number of aliphatic hydroxyl groups is 1. The van der Waals surface area contributed by atoms with E-state index in [1.807, 2.05) is 51.2 Å². The predicted molar refractivity (Wildman–Crippen MR) is 188 cm³/mol. The molecule has 3 amide bonds. The maximum Gasteiger partial charge on any atom is 0.258 e. The minimum atomic E-state index is -0.404. The molecule has 3 aromatic rings. The molecule has 0 aromatic heterocycles. The lowest BCUT2D eigenvalue weighted by Crippen LogP contribution is -2.49. The maximum atomic E-state index is 13.8. The van der Waals surface area contributed by atoms with Gasteiger partial charge in [-0.15, -0.1) is 0 Å². The van der Waals surface area contributed by atoms with Gasteiger partial charge in [-0.25, -0.2) is 0 Å². The van der Waals surface area contributed by atoms with Gasteiger partial charge in [-0.1, -0.05) is 37.6 Å². The van der Waals surface area contributed by atoms with Gasteiger partial charge in [0.2, 0.25) is 18.6 Å². The van der Waals surface area contributed by atoms with Crippen molar-refractivity contribution >= 4 is 34.8 Å². The molecule has 0 unspecified atom stereocenters. The Bertz CT molecular complexity index is 1630. The summed E-state index contributed by atoms with van der Waals surface area (Å²) in [4.78, 5) is 43.1. The number of amides is 3. The van der Waals surface area contributed by atoms with Crippen LogP contribution in [0.4, 0.5) is 17.1 Å². The van der Waals surface area contributed by atoms with Gasteiger partial charge in [0.15, 0.2) is 17.2 Å². The molecule has 12 heteroatoms. The zero-order valence-electron chi connectivity index (χ0n) is 28.4. The Morgan fingerprint density at radius 1 is 0.980 bits per heavy atom. The number of benzene rings is 3. The number of nitrogen functional groups attached to an aromatic ring is 1. The van der Waals surface area contributed by atoms with Crippen molar-refractivity contribution in [3.05, 3.63) is 71.8 Å². The number of aliphatic hydroxyl groups excluding tert-OH is 1. The number of rotatable bonds is 14. The van der Waals surface area contributed by atoms with E-state index in [-0.39, 0.29) is 49.6 Å². The summed E-state index contributed by atoms with van der Waals surface area (Å²) in [5.41, 5.74) is 8.82. The molecule has 0 radical (unpaired) electrons. The van der Waals surface area contributed by atoms with Gasteiger partial charge in [0.1, 0.15) is 6.10 Å². The van der Waals surface area contributed by atoms with Gasteiger partial charge in [-0.2, -0.15) is 0 Å². The largest absolute Gasteiger partial charge is 0.486 e. The number of unbranched alkanes of at least 4 members (excludes halogenated alkanes) is 2. The Morgan fingerprint density at radius 2 is 1.67 bits per heavy atom. The summed E-state index contributed by atoms with van der Waals surface area (Å²) in [6.07, 6.45) is 2.14. The molecule has 0 fully saturated rings. The third kappa shape index (κ3) is 9.21. The van der Waals surface area contributed by atoms with Gasteiger partial charge in [-0.3, -0.25) is 19.3 Å². The predicted octanol–water partition coefficient (Wildman–Crippen LogP) is 4.88. The first-order valence-electron chi connectivity index (χ1n) is 16.9. The van der Waals surface area contributed by atoms with E-state index in [1.165, 1.54) is 0 Å². The number of fused-ring (bicyclic) bond motifs is 2. The molecule has 0 spiro atoms. The summed E-state index contributed by atoms with van der Waals surface area (Å²) < 4.78 is 17.7. The quantitative estimate of drug-likeness (QED) is 0.138. The first-order valence-corrected chi connectivity index (χ1v) is 16.9. The number of likely N-dealkylation sites (N-methyl/N-ethyl adjacent to an activating group) is 1. The monoisotopic (exact) mass is 673 g/mol. The van der Waals surface area contributed by atoms with Crippen molar-refractivity contribution in [2.45, 2.75) is 64.6 Å². The third-order valence-corrected chi connectivity index (χ3v) is 8.89. The number of hydrogen-bond donors (Lipinski definition) is 4. The molecule has 0 saturated carbocycles. The van der Waals surface area contributed by atoms with E-state index < -0.39 is 6.04 Å². The standard InChI is InChI=1S/C37H47N5O7/c1-24-19-42(25(2)22-43)37(46)27-10-9-13-30(40-35(45)15-6-4-5-14-34(44)39-29-12-8-7-11-28(29)38)36(27)49-33(24)21-41(3)20-26-16-17-31-32(18-26)48-23-47-31/h7-13,16-18,24-25,33,43H,4-6,14-15,19-23,38H2,1-3H3,(H,39,44)(H,40,45)/t24-,25-,33-/m1/s1.